The Balaban J connectivity index is 1.70. The van der Waals surface area contributed by atoms with Crippen LogP contribution in [0.25, 0.3) is 11.1 Å². The second kappa shape index (κ2) is 11.3. The molecule has 168 valence electrons. The number of benzene rings is 2. The van der Waals surface area contributed by atoms with E-state index in [1.165, 1.54) is 24.3 Å². The monoisotopic (exact) mass is 434 g/mol. The van der Waals surface area contributed by atoms with E-state index in [0.29, 0.717) is 31.1 Å². The quantitative estimate of drug-likeness (QED) is 0.311. The predicted octanol–water partition coefficient (Wildman–Crippen LogP) is 6.62. The molecule has 3 rings (SSSR count). The van der Waals surface area contributed by atoms with Crippen LogP contribution in [0.15, 0.2) is 43.0 Å². The maximum Gasteiger partial charge on any atom is 0.201 e. The number of allylic oxidation sites excluding steroid dienone is 1. The first kappa shape index (κ1) is 23.4. The molecule has 0 saturated carbocycles. The standard InChI is InChI=1S/C25H29F3O3/c1-3-4-5-13-30-23-11-9-20(24(27)25(23)28)19-8-7-18(15-21(19)26)22-10-6-17(16-31-22)12-14-29-2/h3,7-9,11,15,17,22H,1,4-6,10,12-14,16H2,2H3. The molecule has 1 aliphatic heterocycles. The molecule has 2 unspecified atom stereocenters. The van der Waals surface area contributed by atoms with Crippen molar-refractivity contribution in [3.8, 4) is 16.9 Å². The summed E-state index contributed by atoms with van der Waals surface area (Å²) in [5.74, 6) is -2.59. The summed E-state index contributed by atoms with van der Waals surface area (Å²) in [5.41, 5.74) is 0.575. The first-order valence-electron chi connectivity index (χ1n) is 10.7. The molecule has 2 aromatic rings. The van der Waals surface area contributed by atoms with Gasteiger partial charge < -0.3 is 14.2 Å². The van der Waals surface area contributed by atoms with Gasteiger partial charge in [0.25, 0.3) is 0 Å². The molecule has 1 saturated heterocycles. The maximum absolute atomic E-state index is 14.8. The molecule has 0 spiro atoms. The number of halogens is 3. The van der Waals surface area contributed by atoms with Gasteiger partial charge in [-0.25, -0.2) is 8.78 Å². The lowest BCUT2D eigenvalue weighted by atomic mass is 9.92. The van der Waals surface area contributed by atoms with Crippen LogP contribution in [0.5, 0.6) is 5.75 Å². The second-order valence-corrected chi connectivity index (χ2v) is 7.80. The molecule has 6 heteroatoms. The smallest absolute Gasteiger partial charge is 0.201 e. The average molecular weight is 434 g/mol. The average Bonchev–Trinajstić information content (AvgIpc) is 2.79. The van der Waals surface area contributed by atoms with Crippen molar-refractivity contribution in [2.45, 2.75) is 38.2 Å². The molecule has 0 amide bonds. The van der Waals surface area contributed by atoms with Crippen molar-refractivity contribution in [2.24, 2.45) is 5.92 Å². The Labute approximate surface area is 181 Å². The Hall–Kier alpha value is -2.31. The third-order valence-corrected chi connectivity index (χ3v) is 5.61. The lowest BCUT2D eigenvalue weighted by Crippen LogP contribution is -2.21. The van der Waals surface area contributed by atoms with Crippen molar-refractivity contribution in [2.75, 3.05) is 26.9 Å². The van der Waals surface area contributed by atoms with Crippen molar-refractivity contribution >= 4 is 0 Å². The zero-order valence-electron chi connectivity index (χ0n) is 17.8. The van der Waals surface area contributed by atoms with Gasteiger partial charge in [-0.1, -0.05) is 18.2 Å². The highest BCUT2D eigenvalue weighted by Crippen LogP contribution is 2.36. The molecule has 2 atom stereocenters. The first-order valence-corrected chi connectivity index (χ1v) is 10.7. The molecule has 0 aromatic heterocycles. The first-order chi connectivity index (χ1) is 15.0. The highest BCUT2D eigenvalue weighted by Gasteiger charge is 2.24. The molecule has 0 N–H and O–H groups in total. The van der Waals surface area contributed by atoms with E-state index in [9.17, 15) is 13.2 Å². The van der Waals surface area contributed by atoms with Crippen LogP contribution in [0.1, 0.15) is 43.8 Å². The summed E-state index contributed by atoms with van der Waals surface area (Å²) in [6.45, 7) is 5.15. The van der Waals surface area contributed by atoms with E-state index in [1.54, 1.807) is 19.3 Å². The molecule has 0 bridgehead atoms. The minimum atomic E-state index is -1.12. The van der Waals surface area contributed by atoms with Crippen LogP contribution in [-0.2, 0) is 9.47 Å². The lowest BCUT2D eigenvalue weighted by molar-refractivity contribution is -0.0246. The Kier molecular flexibility index (Phi) is 8.55. The summed E-state index contributed by atoms with van der Waals surface area (Å²) in [6.07, 6.45) is 5.61. The number of rotatable bonds is 10. The zero-order chi connectivity index (χ0) is 22.2. The normalized spacial score (nSPS) is 18.7. The van der Waals surface area contributed by atoms with Gasteiger partial charge in [0, 0.05) is 24.8 Å². The molecule has 31 heavy (non-hydrogen) atoms. The molecule has 1 aliphatic rings. The van der Waals surface area contributed by atoms with E-state index in [2.05, 4.69) is 6.58 Å². The summed E-state index contributed by atoms with van der Waals surface area (Å²) >= 11 is 0. The van der Waals surface area contributed by atoms with Crippen molar-refractivity contribution < 1.29 is 27.4 Å². The highest BCUT2D eigenvalue weighted by molar-refractivity contribution is 5.66. The van der Waals surface area contributed by atoms with Crippen LogP contribution < -0.4 is 4.74 Å². The van der Waals surface area contributed by atoms with Gasteiger partial charge in [0.2, 0.25) is 5.82 Å². The van der Waals surface area contributed by atoms with Crippen LogP contribution in [0.4, 0.5) is 13.2 Å². The fourth-order valence-electron chi connectivity index (χ4n) is 3.79. The third-order valence-electron chi connectivity index (χ3n) is 5.61. The Morgan fingerprint density at radius 3 is 2.55 bits per heavy atom. The molecule has 3 nitrogen and oxygen atoms in total. The number of ether oxygens (including phenoxy) is 3. The molecule has 2 aromatic carbocycles. The highest BCUT2D eigenvalue weighted by atomic mass is 19.2. The van der Waals surface area contributed by atoms with Crippen LogP contribution in [-0.4, -0.2) is 26.9 Å². The van der Waals surface area contributed by atoms with E-state index in [4.69, 9.17) is 14.2 Å². The Morgan fingerprint density at radius 2 is 1.87 bits per heavy atom. The largest absolute Gasteiger partial charge is 0.490 e. The molecule has 0 radical (unpaired) electrons. The van der Waals surface area contributed by atoms with Crippen LogP contribution >= 0.6 is 0 Å². The van der Waals surface area contributed by atoms with Crippen molar-refractivity contribution in [1.29, 1.82) is 0 Å². The number of unbranched alkanes of at least 4 members (excludes halogenated alkanes) is 1. The van der Waals surface area contributed by atoms with Crippen LogP contribution in [0.3, 0.4) is 0 Å². The molecule has 1 fully saturated rings. The van der Waals surface area contributed by atoms with E-state index >= 15 is 0 Å². The van der Waals surface area contributed by atoms with Gasteiger partial charge in [0.15, 0.2) is 11.6 Å². The van der Waals surface area contributed by atoms with Gasteiger partial charge in [0.1, 0.15) is 5.82 Å². The van der Waals surface area contributed by atoms with Crippen molar-refractivity contribution in [3.63, 3.8) is 0 Å². The minimum absolute atomic E-state index is 0.00661. The second-order valence-electron chi connectivity index (χ2n) is 7.80. The zero-order valence-corrected chi connectivity index (χ0v) is 17.8. The van der Waals surface area contributed by atoms with Gasteiger partial charge in [-0.3, -0.25) is 0 Å². The van der Waals surface area contributed by atoms with E-state index in [1.807, 2.05) is 0 Å². The van der Waals surface area contributed by atoms with Gasteiger partial charge in [-0.2, -0.15) is 4.39 Å². The minimum Gasteiger partial charge on any atom is -0.490 e. The van der Waals surface area contributed by atoms with Crippen LogP contribution in [0, 0.1) is 23.4 Å². The summed E-state index contributed by atoms with van der Waals surface area (Å²) in [4.78, 5) is 0. The molecular weight excluding hydrogens is 405 g/mol. The molecule has 0 aliphatic carbocycles. The van der Waals surface area contributed by atoms with Gasteiger partial charge >= 0.3 is 0 Å². The Morgan fingerprint density at radius 1 is 1.06 bits per heavy atom. The lowest BCUT2D eigenvalue weighted by Gasteiger charge is -2.29. The van der Waals surface area contributed by atoms with Gasteiger partial charge in [-0.15, -0.1) is 6.58 Å². The van der Waals surface area contributed by atoms with Gasteiger partial charge in [-0.05, 0) is 61.8 Å². The third kappa shape index (κ3) is 5.89. The number of hydrogen-bond donors (Lipinski definition) is 0. The van der Waals surface area contributed by atoms with E-state index < -0.39 is 17.5 Å². The van der Waals surface area contributed by atoms with Crippen molar-refractivity contribution in [3.05, 3.63) is 66.0 Å². The summed E-state index contributed by atoms with van der Waals surface area (Å²) in [7, 11) is 1.68. The van der Waals surface area contributed by atoms with Crippen LogP contribution in [0.2, 0.25) is 0 Å². The fraction of sp³-hybridized carbons (Fsp3) is 0.440. The SMILES string of the molecule is C=CCCCOc1ccc(-c2ccc(C3CCC(CCOC)CO3)cc2F)c(F)c1F. The van der Waals surface area contributed by atoms with E-state index in [0.717, 1.165) is 25.7 Å². The number of methoxy groups -OCH3 is 1. The predicted molar refractivity (Wildman–Crippen MR) is 115 cm³/mol. The summed E-state index contributed by atoms with van der Waals surface area (Å²) < 4.78 is 60.2. The molecule has 1 heterocycles. The number of hydrogen-bond acceptors (Lipinski definition) is 3. The fourth-order valence-corrected chi connectivity index (χ4v) is 3.79. The summed E-state index contributed by atoms with van der Waals surface area (Å²) in [5, 5.41) is 0. The molecular formula is C25H29F3O3. The van der Waals surface area contributed by atoms with E-state index in [-0.39, 0.29) is 29.6 Å². The summed E-state index contributed by atoms with van der Waals surface area (Å²) in [6, 6.07) is 7.23. The maximum atomic E-state index is 14.8. The van der Waals surface area contributed by atoms with Gasteiger partial charge in [0.05, 0.1) is 19.3 Å². The Bertz CT molecular complexity index is 877. The van der Waals surface area contributed by atoms with Crippen molar-refractivity contribution in [1.82, 2.24) is 0 Å². The topological polar surface area (TPSA) is 27.7 Å².